The summed E-state index contributed by atoms with van der Waals surface area (Å²) in [5, 5.41) is 0. The molecule has 0 unspecified atom stereocenters. The van der Waals surface area contributed by atoms with Gasteiger partial charge in [-0.1, -0.05) is 0 Å². The van der Waals surface area contributed by atoms with Gasteiger partial charge in [0.1, 0.15) is 0 Å². The summed E-state index contributed by atoms with van der Waals surface area (Å²) >= 11 is 0. The molecule has 0 bridgehead atoms. The zero-order chi connectivity index (χ0) is 4.50. The van der Waals surface area contributed by atoms with Gasteiger partial charge >= 0.3 is 59.1 Å². The molecule has 0 radical (unpaired) electrons. The normalized spacial score (nSPS) is 4.54. The monoisotopic (exact) mass is 249 g/mol. The number of hydrogen-bond donors (Lipinski definition) is 1. The Morgan fingerprint density at radius 3 is 0.769 bits per heavy atom. The Morgan fingerprint density at radius 2 is 0.769 bits per heavy atom. The molecule has 13 heavy (non-hydrogen) atoms. The van der Waals surface area contributed by atoms with Crippen molar-refractivity contribution in [3.63, 3.8) is 0 Å². The Balaban J connectivity index is -0.00000000286. The fourth-order valence-electron chi connectivity index (χ4n) is 0. The Kier molecular flexibility index (Phi) is 237. The average molecular weight is 249 g/mol. The summed E-state index contributed by atoms with van der Waals surface area (Å²) < 4.78 is 8.88. The van der Waals surface area contributed by atoms with E-state index >= 15 is 0 Å². The van der Waals surface area contributed by atoms with Crippen molar-refractivity contribution in [1.82, 2.24) is 0 Å². The van der Waals surface area contributed by atoms with Gasteiger partial charge in [-0.25, -0.2) is 0 Å². The van der Waals surface area contributed by atoms with Crippen LogP contribution in [0, 0.1) is 0 Å². The smallest absolute Gasteiger partial charge is 0.799 e. The van der Waals surface area contributed by atoms with E-state index in [9.17, 15) is 0 Å². The summed E-state index contributed by atoms with van der Waals surface area (Å²) in [6.07, 6.45) is 0. The minimum atomic E-state index is -4.64. The maximum Gasteiger partial charge on any atom is 1.00 e. The zero-order valence-electron chi connectivity index (χ0n) is 7.25. The first kappa shape index (κ1) is 83.0. The van der Waals surface area contributed by atoms with Crippen LogP contribution in [0.25, 0.3) is 0 Å². The van der Waals surface area contributed by atoms with E-state index < -0.39 is 7.75 Å². The molecule has 0 aromatic heterocycles. The molecule has 14 N–H and O–H groups in total. The van der Waals surface area contributed by atoms with Crippen molar-refractivity contribution < 1.29 is 106 Å². The molecule has 0 rings (SSSR count). The maximum absolute atomic E-state index is 8.88. The second-order valence-electron chi connectivity index (χ2n) is 0.540. The largest absolute Gasteiger partial charge is 1.00 e. The summed E-state index contributed by atoms with van der Waals surface area (Å²) in [5.74, 6) is 0. The zero-order valence-corrected chi connectivity index (χ0v) is 12.1. The third-order valence-corrected chi connectivity index (χ3v) is 0. The van der Waals surface area contributed by atoms with Crippen molar-refractivity contribution in [2.45, 2.75) is 0 Å². The van der Waals surface area contributed by atoms with E-state index in [0.717, 1.165) is 0 Å². The van der Waals surface area contributed by atoms with Gasteiger partial charge in [0, 0.05) is 0 Å². The van der Waals surface area contributed by atoms with Crippen molar-refractivity contribution in [2.24, 2.45) is 5.50 Å². The number of nitrogens with two attached hydrogens (primary N) is 1. The van der Waals surface area contributed by atoms with E-state index in [1.165, 1.54) is 0 Å². The van der Waals surface area contributed by atoms with Crippen LogP contribution in [0.5, 0.6) is 0 Å². The van der Waals surface area contributed by atoms with Crippen LogP contribution in [0.15, 0.2) is 0 Å². The van der Waals surface area contributed by atoms with E-state index in [2.05, 4.69) is 5.50 Å². The minimum Gasteiger partial charge on any atom is -0.799 e. The molecule has 0 atom stereocenters. The van der Waals surface area contributed by atoms with Crippen LogP contribution < -0.4 is 74.4 Å². The Labute approximate surface area is 119 Å². The molecule has 80 valence electrons. The van der Waals surface area contributed by atoms with Crippen LogP contribution in [0.4, 0.5) is 0 Å². The van der Waals surface area contributed by atoms with E-state index in [-0.39, 0.29) is 92.0 Å². The second-order valence-corrected chi connectivity index (χ2v) is 1.62. The molecule has 0 aliphatic rings. The van der Waals surface area contributed by atoms with E-state index in [4.69, 9.17) is 14.4 Å². The first-order valence-electron chi connectivity index (χ1n) is 0.806. The van der Waals surface area contributed by atoms with Gasteiger partial charge < -0.3 is 52.7 Å². The van der Waals surface area contributed by atoms with Crippen LogP contribution in [0.1, 0.15) is 0 Å². The molecule has 0 saturated carbocycles. The Hall–Kier alpha value is 1.87. The van der Waals surface area contributed by atoms with Gasteiger partial charge in [-0.2, -0.15) is 0 Å². The van der Waals surface area contributed by atoms with E-state index in [1.807, 2.05) is 0 Å². The molecule has 0 aliphatic heterocycles. The predicted octanol–water partition coefficient (Wildman–Crippen LogP) is -13.2. The molecule has 0 aromatic carbocycles. The summed E-state index contributed by atoms with van der Waals surface area (Å²) in [7, 11) is -4.64. The van der Waals surface area contributed by atoms with E-state index in [1.54, 1.807) is 0 Å². The predicted molar refractivity (Wildman–Crippen MR) is 33.5 cm³/mol. The minimum absolute atomic E-state index is 0. The molecule has 0 amide bonds. The summed E-state index contributed by atoms with van der Waals surface area (Å²) in [4.78, 5) is 17.8. The molecular formula is H14NNa2O9P. The molecule has 0 aromatic rings. The van der Waals surface area contributed by atoms with Crippen LogP contribution in [0.2, 0.25) is 0 Å². The average Bonchev–Trinajstić information content (AvgIpc) is 0.722. The summed E-state index contributed by atoms with van der Waals surface area (Å²) in [6.45, 7) is 0. The number of rotatable bonds is 0. The van der Waals surface area contributed by atoms with Crippen molar-refractivity contribution in [2.75, 3.05) is 0 Å². The third kappa shape index (κ3) is 559. The van der Waals surface area contributed by atoms with Gasteiger partial charge in [0.2, 0.25) is 0 Å². The maximum atomic E-state index is 8.88. The molecule has 0 fully saturated rings. The fraction of sp³-hybridized carbons (Fsp3) is 0. The fourth-order valence-corrected chi connectivity index (χ4v) is 0. The molecular weight excluding hydrogens is 235 g/mol. The van der Waals surface area contributed by atoms with Gasteiger partial charge in [-0.15, -0.1) is 0 Å². The molecule has 0 spiro atoms. The number of hydrogen-bond acceptors (Lipinski definition) is 3. The van der Waals surface area contributed by atoms with Crippen molar-refractivity contribution in [1.29, 1.82) is 0 Å². The van der Waals surface area contributed by atoms with Gasteiger partial charge in [0.25, 0.3) is 0 Å². The van der Waals surface area contributed by atoms with Gasteiger partial charge in [-0.3, -0.25) is 0 Å². The van der Waals surface area contributed by atoms with Gasteiger partial charge in [0.05, 0.1) is 0 Å². The summed E-state index contributed by atoms with van der Waals surface area (Å²) in [6, 6.07) is 0. The van der Waals surface area contributed by atoms with Crippen LogP contribution in [0.3, 0.4) is 0 Å². The molecule has 0 aliphatic carbocycles. The quantitative estimate of drug-likeness (QED) is 0.322. The van der Waals surface area contributed by atoms with Gasteiger partial charge in [0.15, 0.2) is 0 Å². The Bertz CT molecular complexity index is 63.8. The SMILES string of the molecule is NP(=O)([O-])[O-].O.O.O.O.O.O.[Na+].[Na+]. The second kappa shape index (κ2) is 37.1. The van der Waals surface area contributed by atoms with E-state index in [0.29, 0.717) is 0 Å². The van der Waals surface area contributed by atoms with Crippen LogP contribution in [-0.2, 0) is 4.57 Å². The van der Waals surface area contributed by atoms with Crippen LogP contribution in [-0.4, -0.2) is 32.9 Å². The Morgan fingerprint density at radius 1 is 0.769 bits per heavy atom. The standard InChI is InChI=1S/H4NO3P.2Na.6H2O/c1-5(2,3)4;;;;;;;;/h(H4,1,2,3,4);;;6*1H2/q;2*+1;;;;;;/p-2. The van der Waals surface area contributed by atoms with Crippen molar-refractivity contribution in [3.05, 3.63) is 0 Å². The van der Waals surface area contributed by atoms with Crippen molar-refractivity contribution >= 4 is 7.75 Å². The van der Waals surface area contributed by atoms with Crippen molar-refractivity contribution in [3.8, 4) is 0 Å². The summed E-state index contributed by atoms with van der Waals surface area (Å²) in [5.41, 5.74) is 3.80. The topological polar surface area (TPSA) is 278 Å². The molecule has 0 heterocycles. The molecule has 0 saturated heterocycles. The first-order chi connectivity index (χ1) is 2.00. The molecule has 10 nitrogen and oxygen atoms in total. The van der Waals surface area contributed by atoms with Gasteiger partial charge in [-0.05, 0) is 7.75 Å². The van der Waals surface area contributed by atoms with Crippen LogP contribution >= 0.6 is 7.75 Å². The first-order valence-corrected chi connectivity index (χ1v) is 2.42. The molecule has 13 heteroatoms. The third-order valence-electron chi connectivity index (χ3n) is 0.